The molecule has 1 heterocycles. The molecule has 0 saturated heterocycles. The van der Waals surface area contributed by atoms with Gasteiger partial charge in [-0.15, -0.1) is 0 Å². The summed E-state index contributed by atoms with van der Waals surface area (Å²) in [6, 6.07) is 17.8. The van der Waals surface area contributed by atoms with Crippen molar-refractivity contribution in [3.63, 3.8) is 0 Å². The SMILES string of the molecule is Cc1cc(O)c(C(=O)Nc2cccc(Cl)c2)c(=O)n1CCc1ccccc1. The molecule has 1 amide bonds. The minimum atomic E-state index is -0.673. The Bertz CT molecular complexity index is 1030. The second-order valence-corrected chi connectivity index (χ2v) is 6.64. The molecule has 27 heavy (non-hydrogen) atoms. The smallest absolute Gasteiger partial charge is 0.267 e. The molecule has 0 aliphatic heterocycles. The molecule has 0 fully saturated rings. The summed E-state index contributed by atoms with van der Waals surface area (Å²) in [4.78, 5) is 25.4. The average Bonchev–Trinajstić information content (AvgIpc) is 2.62. The Balaban J connectivity index is 1.89. The highest BCUT2D eigenvalue weighted by atomic mass is 35.5. The average molecular weight is 383 g/mol. The van der Waals surface area contributed by atoms with Crippen molar-refractivity contribution < 1.29 is 9.90 Å². The van der Waals surface area contributed by atoms with Gasteiger partial charge in [0.15, 0.2) is 0 Å². The molecule has 0 radical (unpaired) electrons. The van der Waals surface area contributed by atoms with Gasteiger partial charge in [0.25, 0.3) is 11.5 Å². The van der Waals surface area contributed by atoms with Gasteiger partial charge in [-0.3, -0.25) is 9.59 Å². The Kier molecular flexibility index (Phi) is 5.62. The van der Waals surface area contributed by atoms with Gasteiger partial charge in [0.05, 0.1) is 0 Å². The molecular weight excluding hydrogens is 364 g/mol. The van der Waals surface area contributed by atoms with E-state index in [9.17, 15) is 14.7 Å². The predicted molar refractivity (Wildman–Crippen MR) is 107 cm³/mol. The van der Waals surface area contributed by atoms with Crippen LogP contribution in [0.25, 0.3) is 0 Å². The maximum atomic E-state index is 12.8. The number of anilines is 1. The van der Waals surface area contributed by atoms with Gasteiger partial charge in [-0.05, 0) is 37.1 Å². The van der Waals surface area contributed by atoms with Crippen LogP contribution in [0.5, 0.6) is 5.75 Å². The molecule has 5 nitrogen and oxygen atoms in total. The largest absolute Gasteiger partial charge is 0.507 e. The molecular formula is C21H19ClN2O3. The summed E-state index contributed by atoms with van der Waals surface area (Å²) in [7, 11) is 0. The molecule has 0 aliphatic carbocycles. The van der Waals surface area contributed by atoms with Crippen molar-refractivity contribution in [2.24, 2.45) is 0 Å². The zero-order valence-electron chi connectivity index (χ0n) is 14.8. The number of carbonyl (C=O) groups is 1. The Morgan fingerprint density at radius 2 is 1.85 bits per heavy atom. The molecule has 138 valence electrons. The van der Waals surface area contributed by atoms with Gasteiger partial charge in [0, 0.05) is 29.0 Å². The lowest BCUT2D eigenvalue weighted by Crippen LogP contribution is -2.31. The third-order valence-corrected chi connectivity index (χ3v) is 4.50. The number of carbonyl (C=O) groups excluding carboxylic acids is 1. The fraction of sp³-hybridized carbons (Fsp3) is 0.143. The number of aromatic nitrogens is 1. The number of halogens is 1. The summed E-state index contributed by atoms with van der Waals surface area (Å²) >= 11 is 5.92. The van der Waals surface area contributed by atoms with E-state index in [0.29, 0.717) is 29.4 Å². The Hall–Kier alpha value is -3.05. The van der Waals surface area contributed by atoms with Gasteiger partial charge in [0.1, 0.15) is 11.3 Å². The van der Waals surface area contributed by atoms with Gasteiger partial charge < -0.3 is 15.0 Å². The first kappa shape index (κ1) is 18.7. The fourth-order valence-electron chi connectivity index (χ4n) is 2.89. The summed E-state index contributed by atoms with van der Waals surface area (Å²) in [5.74, 6) is -1.01. The molecule has 0 atom stereocenters. The third kappa shape index (κ3) is 4.38. The lowest BCUT2D eigenvalue weighted by molar-refractivity contribution is 0.102. The van der Waals surface area contributed by atoms with Crippen LogP contribution in [-0.4, -0.2) is 15.6 Å². The van der Waals surface area contributed by atoms with Crippen LogP contribution < -0.4 is 10.9 Å². The molecule has 0 spiro atoms. The standard InChI is InChI=1S/C21H19ClN2O3/c1-14-12-18(25)19(20(26)23-17-9-5-8-16(22)13-17)21(27)24(14)11-10-15-6-3-2-4-7-15/h2-9,12-13,25H,10-11H2,1H3,(H,23,26). The molecule has 0 unspecified atom stereocenters. The quantitative estimate of drug-likeness (QED) is 0.700. The Morgan fingerprint density at radius 3 is 2.56 bits per heavy atom. The van der Waals surface area contributed by atoms with E-state index < -0.39 is 11.5 Å². The number of aryl methyl sites for hydroxylation is 2. The number of pyridine rings is 1. The molecule has 0 aliphatic rings. The molecule has 0 saturated carbocycles. The monoisotopic (exact) mass is 382 g/mol. The van der Waals surface area contributed by atoms with E-state index in [0.717, 1.165) is 5.56 Å². The van der Waals surface area contributed by atoms with Crippen molar-refractivity contribution in [2.45, 2.75) is 19.9 Å². The minimum absolute atomic E-state index is 0.284. The Morgan fingerprint density at radius 1 is 1.11 bits per heavy atom. The second kappa shape index (κ2) is 8.10. The second-order valence-electron chi connectivity index (χ2n) is 6.20. The van der Waals surface area contributed by atoms with Gasteiger partial charge in [0.2, 0.25) is 0 Å². The zero-order valence-corrected chi connectivity index (χ0v) is 15.5. The highest BCUT2D eigenvalue weighted by Crippen LogP contribution is 2.19. The normalized spacial score (nSPS) is 10.6. The van der Waals surface area contributed by atoms with Crippen LogP contribution in [0.15, 0.2) is 65.5 Å². The van der Waals surface area contributed by atoms with Crippen molar-refractivity contribution in [3.8, 4) is 5.75 Å². The number of aromatic hydroxyl groups is 1. The predicted octanol–water partition coefficient (Wildman–Crippen LogP) is 4.01. The van der Waals surface area contributed by atoms with E-state index in [-0.39, 0.29) is 11.3 Å². The zero-order chi connectivity index (χ0) is 19.4. The van der Waals surface area contributed by atoms with Crippen LogP contribution in [0, 0.1) is 6.92 Å². The van der Waals surface area contributed by atoms with E-state index >= 15 is 0 Å². The third-order valence-electron chi connectivity index (χ3n) is 4.26. The maximum Gasteiger partial charge on any atom is 0.267 e. The molecule has 2 aromatic carbocycles. The van der Waals surface area contributed by atoms with Gasteiger partial charge in [-0.1, -0.05) is 48.0 Å². The van der Waals surface area contributed by atoms with Crippen LogP contribution in [0.2, 0.25) is 5.02 Å². The highest BCUT2D eigenvalue weighted by molar-refractivity contribution is 6.31. The number of nitrogens with zero attached hydrogens (tertiary/aromatic N) is 1. The summed E-state index contributed by atoms with van der Waals surface area (Å²) in [6.45, 7) is 2.14. The molecule has 1 aromatic heterocycles. The Labute approximate surface area is 161 Å². The molecule has 2 N–H and O–H groups in total. The minimum Gasteiger partial charge on any atom is -0.507 e. The van der Waals surface area contributed by atoms with E-state index in [2.05, 4.69) is 5.32 Å². The van der Waals surface area contributed by atoms with Crippen LogP contribution in [0.4, 0.5) is 5.69 Å². The molecule has 0 bridgehead atoms. The van der Waals surface area contributed by atoms with Crippen molar-refractivity contribution in [2.75, 3.05) is 5.32 Å². The van der Waals surface area contributed by atoms with Gasteiger partial charge >= 0.3 is 0 Å². The maximum absolute atomic E-state index is 12.8. The fourth-order valence-corrected chi connectivity index (χ4v) is 3.08. The summed E-state index contributed by atoms with van der Waals surface area (Å²) in [6.07, 6.45) is 0.641. The van der Waals surface area contributed by atoms with E-state index in [1.165, 1.54) is 10.6 Å². The van der Waals surface area contributed by atoms with Crippen LogP contribution >= 0.6 is 11.6 Å². The lowest BCUT2D eigenvalue weighted by Gasteiger charge is -2.14. The summed E-state index contributed by atoms with van der Waals surface area (Å²) in [5.41, 5.74) is 1.31. The molecule has 3 rings (SSSR count). The van der Waals surface area contributed by atoms with Crippen molar-refractivity contribution in [3.05, 3.63) is 92.9 Å². The highest BCUT2D eigenvalue weighted by Gasteiger charge is 2.20. The van der Waals surface area contributed by atoms with E-state index in [4.69, 9.17) is 11.6 Å². The van der Waals surface area contributed by atoms with Crippen LogP contribution in [0.1, 0.15) is 21.6 Å². The summed E-state index contributed by atoms with van der Waals surface area (Å²) in [5, 5.41) is 13.2. The first-order valence-electron chi connectivity index (χ1n) is 8.50. The number of amides is 1. The van der Waals surface area contributed by atoms with Crippen molar-refractivity contribution in [1.82, 2.24) is 4.57 Å². The summed E-state index contributed by atoms with van der Waals surface area (Å²) < 4.78 is 1.50. The van der Waals surface area contributed by atoms with Crippen LogP contribution in [-0.2, 0) is 13.0 Å². The van der Waals surface area contributed by atoms with Gasteiger partial charge in [-0.25, -0.2) is 0 Å². The topological polar surface area (TPSA) is 71.3 Å². The molecule has 6 heteroatoms. The number of nitrogens with one attached hydrogen (secondary N) is 1. The number of hydrogen-bond acceptors (Lipinski definition) is 3. The first-order valence-corrected chi connectivity index (χ1v) is 8.88. The molecule has 3 aromatic rings. The van der Waals surface area contributed by atoms with E-state index in [1.807, 2.05) is 30.3 Å². The van der Waals surface area contributed by atoms with Gasteiger partial charge in [-0.2, -0.15) is 0 Å². The van der Waals surface area contributed by atoms with Crippen molar-refractivity contribution >= 4 is 23.2 Å². The number of benzene rings is 2. The van der Waals surface area contributed by atoms with E-state index in [1.54, 1.807) is 31.2 Å². The number of hydrogen-bond donors (Lipinski definition) is 2. The van der Waals surface area contributed by atoms with Crippen molar-refractivity contribution in [1.29, 1.82) is 0 Å². The first-order chi connectivity index (χ1) is 13.0. The van der Waals surface area contributed by atoms with Crippen LogP contribution in [0.3, 0.4) is 0 Å². The number of rotatable bonds is 5. The lowest BCUT2D eigenvalue weighted by atomic mass is 10.1.